The summed E-state index contributed by atoms with van der Waals surface area (Å²) in [5.41, 5.74) is 4.62. The van der Waals surface area contributed by atoms with Crippen molar-refractivity contribution in [2.24, 2.45) is 0 Å². The molecule has 25 heavy (non-hydrogen) atoms. The Morgan fingerprint density at radius 2 is 2.00 bits per heavy atom. The van der Waals surface area contributed by atoms with Gasteiger partial charge in [0.1, 0.15) is 5.65 Å². The molecule has 4 rings (SSSR count). The van der Waals surface area contributed by atoms with Crippen molar-refractivity contribution in [3.05, 3.63) is 36.4 Å². The van der Waals surface area contributed by atoms with Crippen LogP contribution in [0.1, 0.15) is 50.5 Å². The van der Waals surface area contributed by atoms with Crippen molar-refractivity contribution >= 4 is 11.0 Å². The largest absolute Gasteiger partial charge is 0.346 e. The molecule has 5 heteroatoms. The second kappa shape index (κ2) is 7.00. The zero-order valence-electron chi connectivity index (χ0n) is 15.1. The van der Waals surface area contributed by atoms with Gasteiger partial charge in [0.15, 0.2) is 0 Å². The van der Waals surface area contributed by atoms with E-state index in [9.17, 15) is 0 Å². The van der Waals surface area contributed by atoms with Crippen molar-refractivity contribution in [1.82, 2.24) is 25.1 Å². The van der Waals surface area contributed by atoms with Crippen LogP contribution in [0, 0.1) is 0 Å². The van der Waals surface area contributed by atoms with E-state index in [2.05, 4.69) is 51.3 Å². The van der Waals surface area contributed by atoms with Crippen LogP contribution in [0.4, 0.5) is 0 Å². The van der Waals surface area contributed by atoms with Crippen LogP contribution in [0.2, 0.25) is 0 Å². The quantitative estimate of drug-likeness (QED) is 0.729. The molecule has 3 aromatic heterocycles. The highest BCUT2D eigenvalue weighted by molar-refractivity contribution is 5.93. The molecule has 1 aliphatic rings. The van der Waals surface area contributed by atoms with Crippen LogP contribution in [-0.2, 0) is 0 Å². The predicted octanol–water partition coefficient (Wildman–Crippen LogP) is 4.32. The summed E-state index contributed by atoms with van der Waals surface area (Å²) in [6.45, 7) is 3.47. The molecule has 0 unspecified atom stereocenters. The van der Waals surface area contributed by atoms with Gasteiger partial charge in [-0.3, -0.25) is 5.10 Å². The van der Waals surface area contributed by atoms with Crippen LogP contribution in [-0.4, -0.2) is 44.7 Å². The average molecular weight is 337 g/mol. The fraction of sp³-hybridized carbons (Fsp3) is 0.500. The molecule has 2 N–H and O–H groups in total. The van der Waals surface area contributed by atoms with Crippen LogP contribution in [0.5, 0.6) is 0 Å². The van der Waals surface area contributed by atoms with E-state index in [1.54, 1.807) is 0 Å². The molecule has 0 radical (unpaired) electrons. The Morgan fingerprint density at radius 3 is 2.72 bits per heavy atom. The fourth-order valence-electron chi connectivity index (χ4n) is 4.27. The van der Waals surface area contributed by atoms with Gasteiger partial charge in [-0.1, -0.05) is 6.92 Å². The summed E-state index contributed by atoms with van der Waals surface area (Å²) in [4.78, 5) is 10.5. The molecule has 3 heterocycles. The zero-order valence-corrected chi connectivity index (χ0v) is 15.1. The fourth-order valence-corrected chi connectivity index (χ4v) is 4.27. The van der Waals surface area contributed by atoms with Crippen molar-refractivity contribution in [2.45, 2.75) is 51.0 Å². The van der Waals surface area contributed by atoms with E-state index in [4.69, 9.17) is 0 Å². The van der Waals surface area contributed by atoms with Gasteiger partial charge in [0.05, 0.1) is 6.20 Å². The van der Waals surface area contributed by atoms with Gasteiger partial charge < -0.3 is 9.88 Å². The molecule has 5 nitrogen and oxygen atoms in total. The third kappa shape index (κ3) is 3.21. The van der Waals surface area contributed by atoms with Gasteiger partial charge in [-0.25, -0.2) is 4.98 Å². The summed E-state index contributed by atoms with van der Waals surface area (Å²) in [5, 5.41) is 8.17. The monoisotopic (exact) mass is 337 g/mol. The van der Waals surface area contributed by atoms with E-state index in [0.29, 0.717) is 5.92 Å². The molecule has 1 saturated carbocycles. The molecule has 3 aromatic rings. The predicted molar refractivity (Wildman–Crippen MR) is 102 cm³/mol. The maximum atomic E-state index is 4.67. The second-order valence-electron chi connectivity index (χ2n) is 7.34. The number of hydrogen-bond acceptors (Lipinski definition) is 3. The van der Waals surface area contributed by atoms with Gasteiger partial charge in [0.25, 0.3) is 0 Å². The Labute approximate surface area is 148 Å². The van der Waals surface area contributed by atoms with E-state index >= 15 is 0 Å². The Hall–Kier alpha value is -2.14. The van der Waals surface area contributed by atoms with Crippen molar-refractivity contribution in [1.29, 1.82) is 0 Å². The lowest BCUT2D eigenvalue weighted by Gasteiger charge is -2.34. The lowest BCUT2D eigenvalue weighted by Crippen LogP contribution is -2.35. The number of pyridine rings is 1. The minimum Gasteiger partial charge on any atom is -0.346 e. The first-order valence-electron chi connectivity index (χ1n) is 9.42. The summed E-state index contributed by atoms with van der Waals surface area (Å²) < 4.78 is 0. The second-order valence-corrected chi connectivity index (χ2v) is 7.34. The molecule has 0 atom stereocenters. The summed E-state index contributed by atoms with van der Waals surface area (Å²) in [6, 6.07) is 3.09. The van der Waals surface area contributed by atoms with E-state index in [0.717, 1.165) is 17.3 Å². The smallest absolute Gasteiger partial charge is 0.137 e. The van der Waals surface area contributed by atoms with E-state index in [-0.39, 0.29) is 0 Å². The molecule has 0 aromatic carbocycles. The van der Waals surface area contributed by atoms with Crippen LogP contribution in [0.25, 0.3) is 22.2 Å². The van der Waals surface area contributed by atoms with Crippen LogP contribution >= 0.6 is 0 Å². The van der Waals surface area contributed by atoms with Crippen LogP contribution < -0.4 is 0 Å². The molecular formula is C20H27N5. The standard InChI is InChI=1S/C20H27N5/c1-3-8-25(2)17-6-4-14(5-7-17)15-9-18-19(16-11-23-24-12-16)13-22-20(18)21-10-15/h9-14,17H,3-8H2,1-2H3,(H,21,22)(H,23,24). The van der Waals surface area contributed by atoms with E-state index < -0.39 is 0 Å². The van der Waals surface area contributed by atoms with E-state index in [1.807, 2.05) is 18.6 Å². The topological polar surface area (TPSA) is 60.6 Å². The molecule has 0 spiro atoms. The van der Waals surface area contributed by atoms with Crippen molar-refractivity contribution < 1.29 is 0 Å². The molecule has 1 aliphatic carbocycles. The van der Waals surface area contributed by atoms with Crippen LogP contribution in [0.3, 0.4) is 0 Å². The minimum atomic E-state index is 0.635. The maximum absolute atomic E-state index is 4.67. The highest BCUT2D eigenvalue weighted by Gasteiger charge is 2.25. The molecule has 132 valence electrons. The number of rotatable bonds is 5. The highest BCUT2D eigenvalue weighted by Crippen LogP contribution is 2.36. The van der Waals surface area contributed by atoms with Gasteiger partial charge >= 0.3 is 0 Å². The number of aromatic nitrogens is 4. The number of hydrogen-bond donors (Lipinski definition) is 2. The van der Waals surface area contributed by atoms with Gasteiger partial charge in [-0.2, -0.15) is 5.10 Å². The molecule has 1 fully saturated rings. The summed E-state index contributed by atoms with van der Waals surface area (Å²) in [6.07, 6.45) is 14.2. The molecule has 0 bridgehead atoms. The Kier molecular flexibility index (Phi) is 4.57. The van der Waals surface area contributed by atoms with Crippen molar-refractivity contribution in [2.75, 3.05) is 13.6 Å². The minimum absolute atomic E-state index is 0.635. The molecular weight excluding hydrogens is 310 g/mol. The lowest BCUT2D eigenvalue weighted by molar-refractivity contribution is 0.183. The summed E-state index contributed by atoms with van der Waals surface area (Å²) in [5.74, 6) is 0.635. The number of nitrogens with one attached hydrogen (secondary N) is 2. The lowest BCUT2D eigenvalue weighted by atomic mass is 9.81. The van der Waals surface area contributed by atoms with Gasteiger partial charge in [0.2, 0.25) is 0 Å². The van der Waals surface area contributed by atoms with Crippen molar-refractivity contribution in [3.8, 4) is 11.1 Å². The summed E-state index contributed by atoms with van der Waals surface area (Å²) in [7, 11) is 2.28. The normalized spacial score (nSPS) is 21.2. The number of fused-ring (bicyclic) bond motifs is 1. The third-order valence-electron chi connectivity index (χ3n) is 5.73. The average Bonchev–Trinajstić information content (AvgIpc) is 3.30. The first-order valence-corrected chi connectivity index (χ1v) is 9.42. The summed E-state index contributed by atoms with van der Waals surface area (Å²) >= 11 is 0. The maximum Gasteiger partial charge on any atom is 0.137 e. The molecule has 0 amide bonds. The SMILES string of the molecule is CCCN(C)C1CCC(c2cnc3[nH]cc(-c4cn[nH]c4)c3c2)CC1. The van der Waals surface area contributed by atoms with Crippen molar-refractivity contribution in [3.63, 3.8) is 0 Å². The number of nitrogens with zero attached hydrogens (tertiary/aromatic N) is 3. The molecule has 0 aliphatic heterocycles. The first kappa shape index (κ1) is 16.3. The Morgan fingerprint density at radius 1 is 1.16 bits per heavy atom. The van der Waals surface area contributed by atoms with Gasteiger partial charge in [0, 0.05) is 41.1 Å². The first-order chi connectivity index (χ1) is 12.3. The Balaban J connectivity index is 1.54. The number of H-pyrrole nitrogens is 2. The highest BCUT2D eigenvalue weighted by atomic mass is 15.1. The Bertz CT molecular complexity index is 812. The molecule has 0 saturated heterocycles. The third-order valence-corrected chi connectivity index (χ3v) is 5.73. The van der Waals surface area contributed by atoms with E-state index in [1.165, 1.54) is 55.2 Å². The zero-order chi connectivity index (χ0) is 17.2. The number of aromatic amines is 2. The van der Waals surface area contributed by atoms with Gasteiger partial charge in [-0.15, -0.1) is 0 Å². The van der Waals surface area contributed by atoms with Gasteiger partial charge in [-0.05, 0) is 63.2 Å². The van der Waals surface area contributed by atoms with Crippen LogP contribution in [0.15, 0.2) is 30.9 Å².